The molecule has 1 atom stereocenters. The Hall–Kier alpha value is -1.32. The fourth-order valence-corrected chi connectivity index (χ4v) is 2.81. The number of Topliss-reactive ketones (excluding diaryl/α,β-unsaturated/α-hetero) is 1. The zero-order valence-electron chi connectivity index (χ0n) is 14.0. The van der Waals surface area contributed by atoms with Gasteiger partial charge in [-0.3, -0.25) is 4.79 Å². The standard InChI is InChI=1S/C18H30O4/c1-3-5-6-7-8-9-10-12-14-13-16(20)17(18(21)22-14)15(19)11-4-2/h14,19H,3-13H2,1-2H3/b17-15+. The molecule has 0 saturated carbocycles. The number of carbonyl (C=O) groups is 2. The topological polar surface area (TPSA) is 63.6 Å². The Morgan fingerprint density at radius 1 is 1.05 bits per heavy atom. The Kier molecular flexibility index (Phi) is 8.86. The molecule has 1 unspecified atom stereocenters. The van der Waals surface area contributed by atoms with Crippen LogP contribution >= 0.6 is 0 Å². The van der Waals surface area contributed by atoms with Gasteiger partial charge in [0.05, 0.1) is 0 Å². The Morgan fingerprint density at radius 3 is 2.27 bits per heavy atom. The van der Waals surface area contributed by atoms with E-state index < -0.39 is 5.97 Å². The maximum atomic E-state index is 12.0. The maximum absolute atomic E-state index is 12.0. The second-order valence-electron chi connectivity index (χ2n) is 6.14. The van der Waals surface area contributed by atoms with Crippen molar-refractivity contribution in [2.24, 2.45) is 0 Å². The van der Waals surface area contributed by atoms with Crippen LogP contribution < -0.4 is 0 Å². The number of allylic oxidation sites excluding steroid dienone is 1. The lowest BCUT2D eigenvalue weighted by atomic mass is 9.96. The number of unbranched alkanes of at least 4 members (excludes halogenated alkanes) is 6. The molecule has 0 aromatic rings. The fourth-order valence-electron chi connectivity index (χ4n) is 2.81. The molecule has 0 amide bonds. The first-order valence-electron chi connectivity index (χ1n) is 8.76. The van der Waals surface area contributed by atoms with E-state index in [9.17, 15) is 14.7 Å². The summed E-state index contributed by atoms with van der Waals surface area (Å²) in [5.74, 6) is -1.03. The van der Waals surface area contributed by atoms with Gasteiger partial charge in [0.2, 0.25) is 0 Å². The first-order valence-corrected chi connectivity index (χ1v) is 8.76. The van der Waals surface area contributed by atoms with Gasteiger partial charge in [0.15, 0.2) is 5.78 Å². The van der Waals surface area contributed by atoms with E-state index in [1.165, 1.54) is 32.1 Å². The Balaban J connectivity index is 2.31. The number of hydrogen-bond acceptors (Lipinski definition) is 4. The molecule has 1 rings (SSSR count). The van der Waals surface area contributed by atoms with Gasteiger partial charge in [0, 0.05) is 12.8 Å². The normalized spacial score (nSPS) is 20.9. The largest absolute Gasteiger partial charge is 0.511 e. The second kappa shape index (κ2) is 10.4. The minimum atomic E-state index is -0.643. The SMILES string of the molecule is CCCCCCCCCC1CC(=O)/C(=C(\O)CCC)C(=O)O1. The van der Waals surface area contributed by atoms with Crippen molar-refractivity contribution in [1.82, 2.24) is 0 Å². The van der Waals surface area contributed by atoms with E-state index in [1.54, 1.807) is 0 Å². The van der Waals surface area contributed by atoms with Gasteiger partial charge in [0.25, 0.3) is 0 Å². The third kappa shape index (κ3) is 6.20. The number of rotatable bonds is 10. The third-order valence-electron chi connectivity index (χ3n) is 4.07. The molecule has 4 heteroatoms. The highest BCUT2D eigenvalue weighted by molar-refractivity contribution is 6.19. The summed E-state index contributed by atoms with van der Waals surface area (Å²) in [6.07, 6.45) is 10.1. The van der Waals surface area contributed by atoms with E-state index in [-0.39, 0.29) is 29.6 Å². The average molecular weight is 310 g/mol. The number of aliphatic hydroxyl groups excluding tert-OH is 1. The number of carbonyl (C=O) groups excluding carboxylic acids is 2. The number of aliphatic hydroxyl groups is 1. The van der Waals surface area contributed by atoms with Crippen LogP contribution in [0.25, 0.3) is 0 Å². The lowest BCUT2D eigenvalue weighted by Crippen LogP contribution is -2.33. The molecule has 0 spiro atoms. The molecule has 0 aromatic carbocycles. The lowest BCUT2D eigenvalue weighted by Gasteiger charge is -2.23. The molecular weight excluding hydrogens is 280 g/mol. The quantitative estimate of drug-likeness (QED) is 0.210. The first-order chi connectivity index (χ1) is 10.6. The zero-order chi connectivity index (χ0) is 16.4. The number of esters is 1. The van der Waals surface area contributed by atoms with E-state index in [0.717, 1.165) is 19.3 Å². The van der Waals surface area contributed by atoms with E-state index in [4.69, 9.17) is 4.74 Å². The van der Waals surface area contributed by atoms with Crippen LogP contribution in [0.2, 0.25) is 0 Å². The average Bonchev–Trinajstić information content (AvgIpc) is 2.46. The Labute approximate surface area is 133 Å². The van der Waals surface area contributed by atoms with Crippen molar-refractivity contribution in [3.63, 3.8) is 0 Å². The van der Waals surface area contributed by atoms with Crippen LogP contribution in [0.3, 0.4) is 0 Å². The molecule has 1 heterocycles. The molecule has 0 radical (unpaired) electrons. The van der Waals surface area contributed by atoms with Crippen molar-refractivity contribution >= 4 is 11.8 Å². The van der Waals surface area contributed by atoms with Crippen LogP contribution in [-0.4, -0.2) is 23.0 Å². The van der Waals surface area contributed by atoms with Crippen molar-refractivity contribution in [3.8, 4) is 0 Å². The molecule has 1 saturated heterocycles. The Bertz CT molecular complexity index is 378. The molecule has 1 aliphatic heterocycles. The molecule has 0 aliphatic carbocycles. The summed E-state index contributed by atoms with van der Waals surface area (Å²) in [5, 5.41) is 9.78. The molecule has 1 aliphatic rings. The van der Waals surface area contributed by atoms with Gasteiger partial charge in [-0.1, -0.05) is 52.4 Å². The smallest absolute Gasteiger partial charge is 0.345 e. The van der Waals surface area contributed by atoms with Crippen LogP contribution in [0.1, 0.15) is 84.5 Å². The summed E-state index contributed by atoms with van der Waals surface area (Å²) in [5.41, 5.74) is -0.127. The number of cyclic esters (lactones) is 1. The number of ketones is 1. The minimum absolute atomic E-state index is 0.119. The Morgan fingerprint density at radius 2 is 1.68 bits per heavy atom. The maximum Gasteiger partial charge on any atom is 0.345 e. The summed E-state index contributed by atoms with van der Waals surface area (Å²) in [6.45, 7) is 4.09. The summed E-state index contributed by atoms with van der Waals surface area (Å²) < 4.78 is 5.30. The van der Waals surface area contributed by atoms with E-state index in [2.05, 4.69) is 6.92 Å². The predicted molar refractivity (Wildman–Crippen MR) is 86.7 cm³/mol. The molecule has 22 heavy (non-hydrogen) atoms. The summed E-state index contributed by atoms with van der Waals surface area (Å²) >= 11 is 0. The summed E-state index contributed by atoms with van der Waals surface area (Å²) in [4.78, 5) is 23.9. The molecule has 126 valence electrons. The summed E-state index contributed by atoms with van der Waals surface area (Å²) in [6, 6.07) is 0. The highest BCUT2D eigenvalue weighted by atomic mass is 16.5. The molecular formula is C18H30O4. The number of ether oxygens (including phenoxy) is 1. The minimum Gasteiger partial charge on any atom is -0.511 e. The molecule has 1 fully saturated rings. The van der Waals surface area contributed by atoms with Gasteiger partial charge < -0.3 is 9.84 Å². The zero-order valence-corrected chi connectivity index (χ0v) is 14.0. The van der Waals surface area contributed by atoms with Crippen LogP contribution in [0, 0.1) is 0 Å². The van der Waals surface area contributed by atoms with E-state index in [0.29, 0.717) is 12.8 Å². The van der Waals surface area contributed by atoms with Crippen LogP contribution in [0.4, 0.5) is 0 Å². The van der Waals surface area contributed by atoms with Gasteiger partial charge in [0.1, 0.15) is 17.4 Å². The highest BCUT2D eigenvalue weighted by Gasteiger charge is 2.34. The first kappa shape index (κ1) is 18.7. The van der Waals surface area contributed by atoms with Crippen molar-refractivity contribution < 1.29 is 19.4 Å². The van der Waals surface area contributed by atoms with Gasteiger partial charge in [-0.2, -0.15) is 0 Å². The molecule has 0 bridgehead atoms. The number of hydrogen-bond donors (Lipinski definition) is 1. The van der Waals surface area contributed by atoms with Gasteiger partial charge in [-0.15, -0.1) is 0 Å². The van der Waals surface area contributed by atoms with Crippen molar-refractivity contribution in [2.45, 2.75) is 90.6 Å². The van der Waals surface area contributed by atoms with Crippen molar-refractivity contribution in [1.29, 1.82) is 0 Å². The fraction of sp³-hybridized carbons (Fsp3) is 0.778. The molecule has 4 nitrogen and oxygen atoms in total. The second-order valence-corrected chi connectivity index (χ2v) is 6.14. The van der Waals surface area contributed by atoms with E-state index >= 15 is 0 Å². The van der Waals surface area contributed by atoms with Gasteiger partial charge in [-0.05, 0) is 19.3 Å². The van der Waals surface area contributed by atoms with Crippen LogP contribution in [-0.2, 0) is 14.3 Å². The monoisotopic (exact) mass is 310 g/mol. The van der Waals surface area contributed by atoms with Crippen LogP contribution in [0.5, 0.6) is 0 Å². The van der Waals surface area contributed by atoms with Crippen LogP contribution in [0.15, 0.2) is 11.3 Å². The van der Waals surface area contributed by atoms with Crippen molar-refractivity contribution in [3.05, 3.63) is 11.3 Å². The predicted octanol–water partition coefficient (Wildman–Crippen LogP) is 4.62. The third-order valence-corrected chi connectivity index (χ3v) is 4.07. The molecule has 0 aromatic heterocycles. The van der Waals surface area contributed by atoms with E-state index in [1.807, 2.05) is 6.92 Å². The molecule has 1 N–H and O–H groups in total. The summed E-state index contributed by atoms with van der Waals surface area (Å²) in [7, 11) is 0. The lowest BCUT2D eigenvalue weighted by molar-refractivity contribution is -0.151. The van der Waals surface area contributed by atoms with Gasteiger partial charge in [-0.25, -0.2) is 4.79 Å². The van der Waals surface area contributed by atoms with Crippen molar-refractivity contribution in [2.75, 3.05) is 0 Å². The highest BCUT2D eigenvalue weighted by Crippen LogP contribution is 2.24. The van der Waals surface area contributed by atoms with Gasteiger partial charge >= 0.3 is 5.97 Å².